The second-order valence-corrected chi connectivity index (χ2v) is 4.41. The van der Waals surface area contributed by atoms with Crippen molar-refractivity contribution in [1.82, 2.24) is 0 Å². The van der Waals surface area contributed by atoms with E-state index in [1.54, 1.807) is 13.2 Å². The van der Waals surface area contributed by atoms with Crippen molar-refractivity contribution in [3.05, 3.63) is 53.3 Å². The smallest absolute Gasteiger partial charge is 0.162 e. The maximum Gasteiger partial charge on any atom is 0.162 e. The van der Waals surface area contributed by atoms with Crippen LogP contribution < -0.4 is 4.74 Å². The maximum absolute atomic E-state index is 13.9. The van der Waals surface area contributed by atoms with Gasteiger partial charge in [-0.15, -0.1) is 0 Å². The van der Waals surface area contributed by atoms with Crippen molar-refractivity contribution in [2.45, 2.75) is 13.8 Å². The molecule has 2 rings (SSSR count). The fourth-order valence-corrected chi connectivity index (χ4v) is 2.12. The molecule has 0 spiro atoms. The molecule has 0 unspecified atom stereocenters. The molecule has 19 heavy (non-hydrogen) atoms. The molecule has 98 valence electrons. The average molecular weight is 258 g/mol. The van der Waals surface area contributed by atoms with Gasteiger partial charge in [0.2, 0.25) is 0 Å². The van der Waals surface area contributed by atoms with Crippen LogP contribution >= 0.6 is 0 Å². The summed E-state index contributed by atoms with van der Waals surface area (Å²) in [6, 6.07) is 10.3. The van der Waals surface area contributed by atoms with Crippen molar-refractivity contribution in [1.29, 1.82) is 0 Å². The van der Waals surface area contributed by atoms with E-state index in [9.17, 15) is 9.18 Å². The van der Waals surface area contributed by atoms with Crippen LogP contribution in [0.25, 0.3) is 11.1 Å². The second-order valence-electron chi connectivity index (χ2n) is 4.41. The number of ketones is 1. The quantitative estimate of drug-likeness (QED) is 0.777. The third-order valence-electron chi connectivity index (χ3n) is 3.08. The molecule has 0 atom stereocenters. The Labute approximate surface area is 111 Å². The Hall–Kier alpha value is -2.16. The van der Waals surface area contributed by atoms with Crippen molar-refractivity contribution in [3.63, 3.8) is 0 Å². The van der Waals surface area contributed by atoms with Crippen LogP contribution in [0.3, 0.4) is 0 Å². The second kappa shape index (κ2) is 5.22. The lowest BCUT2D eigenvalue weighted by Gasteiger charge is -2.12. The molecular weight excluding hydrogens is 243 g/mol. The fourth-order valence-electron chi connectivity index (χ4n) is 2.12. The Kier molecular flexibility index (Phi) is 3.65. The minimum Gasteiger partial charge on any atom is -0.496 e. The number of ether oxygens (including phenoxy) is 1. The zero-order valence-corrected chi connectivity index (χ0v) is 11.2. The molecule has 0 saturated carbocycles. The number of carbonyl (C=O) groups excluding carboxylic acids is 1. The van der Waals surface area contributed by atoms with Gasteiger partial charge in [-0.2, -0.15) is 0 Å². The number of halogens is 1. The summed E-state index contributed by atoms with van der Waals surface area (Å²) in [6.45, 7) is 3.29. The number of carbonyl (C=O) groups is 1. The van der Waals surface area contributed by atoms with Crippen molar-refractivity contribution in [3.8, 4) is 16.9 Å². The minimum absolute atomic E-state index is 0.107. The molecule has 0 aliphatic carbocycles. The highest BCUT2D eigenvalue weighted by molar-refractivity contribution is 5.95. The van der Waals surface area contributed by atoms with Gasteiger partial charge in [0.05, 0.1) is 12.7 Å². The number of aryl methyl sites for hydroxylation is 1. The Bertz CT molecular complexity index is 633. The zero-order valence-electron chi connectivity index (χ0n) is 11.2. The van der Waals surface area contributed by atoms with Crippen molar-refractivity contribution in [2.24, 2.45) is 0 Å². The highest BCUT2D eigenvalue weighted by Gasteiger charge is 2.12. The molecule has 2 nitrogen and oxygen atoms in total. The van der Waals surface area contributed by atoms with Gasteiger partial charge in [0.15, 0.2) is 5.78 Å². The Morgan fingerprint density at radius 2 is 1.95 bits per heavy atom. The number of hydrogen-bond donors (Lipinski definition) is 0. The van der Waals surface area contributed by atoms with Gasteiger partial charge in [0.25, 0.3) is 0 Å². The van der Waals surface area contributed by atoms with Crippen molar-refractivity contribution >= 4 is 5.78 Å². The van der Waals surface area contributed by atoms with Gasteiger partial charge in [-0.25, -0.2) is 4.39 Å². The lowest BCUT2D eigenvalue weighted by atomic mass is 9.99. The molecule has 0 radical (unpaired) electrons. The van der Waals surface area contributed by atoms with Crippen LogP contribution in [0.15, 0.2) is 36.4 Å². The first-order chi connectivity index (χ1) is 9.04. The monoisotopic (exact) mass is 258 g/mol. The van der Waals surface area contributed by atoms with E-state index < -0.39 is 5.82 Å². The largest absolute Gasteiger partial charge is 0.496 e. The maximum atomic E-state index is 13.9. The summed E-state index contributed by atoms with van der Waals surface area (Å²) in [5.41, 5.74) is 2.60. The molecule has 0 aromatic heterocycles. The normalized spacial score (nSPS) is 10.3. The van der Waals surface area contributed by atoms with E-state index in [0.29, 0.717) is 5.56 Å². The first kappa shape index (κ1) is 13.3. The van der Waals surface area contributed by atoms with E-state index in [0.717, 1.165) is 16.9 Å². The summed E-state index contributed by atoms with van der Waals surface area (Å²) in [5, 5.41) is 0. The minimum atomic E-state index is -0.506. The molecule has 0 heterocycles. The summed E-state index contributed by atoms with van der Waals surface area (Å²) in [7, 11) is 1.59. The van der Waals surface area contributed by atoms with Gasteiger partial charge >= 0.3 is 0 Å². The molecule has 3 heteroatoms. The van der Waals surface area contributed by atoms with E-state index in [2.05, 4.69) is 0 Å². The Morgan fingerprint density at radius 1 is 1.21 bits per heavy atom. The first-order valence-electron chi connectivity index (χ1n) is 5.99. The predicted octanol–water partition coefficient (Wildman–Crippen LogP) is 4.01. The van der Waals surface area contributed by atoms with E-state index in [4.69, 9.17) is 4.74 Å². The zero-order chi connectivity index (χ0) is 14.0. The standard InChI is InChI=1S/C16H15FO2/c1-10-5-4-6-14(16(10)19-3)12-7-8-13(11(2)18)15(17)9-12/h4-9H,1-3H3. The van der Waals surface area contributed by atoms with Crippen LogP contribution in [0.1, 0.15) is 22.8 Å². The predicted molar refractivity (Wildman–Crippen MR) is 73.1 cm³/mol. The summed E-state index contributed by atoms with van der Waals surface area (Å²) in [5.74, 6) is -0.0636. The summed E-state index contributed by atoms with van der Waals surface area (Å²) < 4.78 is 19.2. The van der Waals surface area contributed by atoms with Gasteiger partial charge < -0.3 is 4.74 Å². The molecular formula is C16H15FO2. The van der Waals surface area contributed by atoms with Crippen LogP contribution in [-0.4, -0.2) is 12.9 Å². The molecule has 0 aliphatic heterocycles. The molecule has 0 saturated heterocycles. The van der Waals surface area contributed by atoms with E-state index in [1.165, 1.54) is 19.1 Å². The van der Waals surface area contributed by atoms with E-state index in [1.807, 2.05) is 25.1 Å². The fraction of sp³-hybridized carbons (Fsp3) is 0.188. The number of Topliss-reactive ketones (excluding diaryl/α,β-unsaturated/α-hetero) is 1. The van der Waals surface area contributed by atoms with Crippen molar-refractivity contribution < 1.29 is 13.9 Å². The highest BCUT2D eigenvalue weighted by atomic mass is 19.1. The van der Waals surface area contributed by atoms with Gasteiger partial charge in [-0.3, -0.25) is 4.79 Å². The molecule has 2 aromatic rings. The van der Waals surface area contributed by atoms with Gasteiger partial charge in [-0.1, -0.05) is 24.3 Å². The number of benzene rings is 2. The van der Waals surface area contributed by atoms with Gasteiger partial charge in [0.1, 0.15) is 11.6 Å². The third kappa shape index (κ3) is 2.50. The van der Waals surface area contributed by atoms with Gasteiger partial charge in [-0.05, 0) is 37.1 Å². The van der Waals surface area contributed by atoms with Crippen LogP contribution in [0.5, 0.6) is 5.75 Å². The SMILES string of the molecule is COc1c(C)cccc1-c1ccc(C(C)=O)c(F)c1. The van der Waals surface area contributed by atoms with Crippen LogP contribution in [0, 0.1) is 12.7 Å². The molecule has 0 aliphatic rings. The lowest BCUT2D eigenvalue weighted by Crippen LogP contribution is -1.98. The third-order valence-corrected chi connectivity index (χ3v) is 3.08. The van der Waals surface area contributed by atoms with E-state index in [-0.39, 0.29) is 11.3 Å². The number of hydrogen-bond acceptors (Lipinski definition) is 2. The summed E-state index contributed by atoms with van der Waals surface area (Å²) in [6.07, 6.45) is 0. The highest BCUT2D eigenvalue weighted by Crippen LogP contribution is 2.33. The van der Waals surface area contributed by atoms with E-state index >= 15 is 0 Å². The Morgan fingerprint density at radius 3 is 2.53 bits per heavy atom. The molecule has 0 amide bonds. The number of methoxy groups -OCH3 is 1. The van der Waals surface area contributed by atoms with Crippen molar-refractivity contribution in [2.75, 3.05) is 7.11 Å². The summed E-state index contributed by atoms with van der Waals surface area (Å²) in [4.78, 5) is 11.2. The van der Waals surface area contributed by atoms with Crippen LogP contribution in [0.4, 0.5) is 4.39 Å². The lowest BCUT2D eigenvalue weighted by molar-refractivity contribution is 0.101. The van der Waals surface area contributed by atoms with Crippen LogP contribution in [-0.2, 0) is 0 Å². The molecule has 2 aromatic carbocycles. The average Bonchev–Trinajstić information content (AvgIpc) is 2.37. The van der Waals surface area contributed by atoms with Crippen LogP contribution in [0.2, 0.25) is 0 Å². The Balaban J connectivity index is 2.57. The molecule has 0 bridgehead atoms. The molecule has 0 fully saturated rings. The number of para-hydroxylation sites is 1. The number of rotatable bonds is 3. The van der Waals surface area contributed by atoms with Gasteiger partial charge in [0, 0.05) is 5.56 Å². The molecule has 0 N–H and O–H groups in total. The topological polar surface area (TPSA) is 26.3 Å². The summed E-state index contributed by atoms with van der Waals surface area (Å²) >= 11 is 0. The first-order valence-corrected chi connectivity index (χ1v) is 5.99.